The van der Waals surface area contributed by atoms with Crippen LogP contribution in [0.4, 0.5) is 0 Å². The SMILES string of the molecule is CC(C)C#N.OC(=S)c1ccccc1.OC(=S)c1ccccc1O. The lowest BCUT2D eigenvalue weighted by Gasteiger charge is -1.97. The Balaban J connectivity index is 0.000000351. The lowest BCUT2D eigenvalue weighted by molar-refractivity contribution is 0.470. The van der Waals surface area contributed by atoms with Gasteiger partial charge in [-0.15, -0.1) is 0 Å². The second-order valence-corrected chi connectivity index (χ2v) is 5.55. The van der Waals surface area contributed by atoms with Gasteiger partial charge in [-0.1, -0.05) is 42.5 Å². The number of nitriles is 1. The molecule has 24 heavy (non-hydrogen) atoms. The van der Waals surface area contributed by atoms with Gasteiger partial charge < -0.3 is 15.3 Å². The highest BCUT2D eigenvalue weighted by molar-refractivity contribution is 7.80. The largest absolute Gasteiger partial charge is 0.507 e. The molecule has 2 aromatic carbocycles. The number of thiocarbonyl (C=S) groups is 2. The molecule has 3 N–H and O–H groups in total. The Hall–Kier alpha value is -2.49. The maximum atomic E-state index is 9.03. The number of aliphatic hydroxyl groups excluding tert-OH is 2. The van der Waals surface area contributed by atoms with Crippen molar-refractivity contribution in [2.75, 3.05) is 0 Å². The first kappa shape index (κ1) is 21.5. The Morgan fingerprint density at radius 1 is 0.917 bits per heavy atom. The van der Waals surface area contributed by atoms with E-state index in [9.17, 15) is 0 Å². The van der Waals surface area contributed by atoms with Crippen molar-refractivity contribution >= 4 is 34.5 Å². The van der Waals surface area contributed by atoms with Crippen LogP contribution in [0.2, 0.25) is 0 Å². The maximum Gasteiger partial charge on any atom is 0.192 e. The van der Waals surface area contributed by atoms with Crippen molar-refractivity contribution < 1.29 is 15.3 Å². The standard InChI is InChI=1S/C7H6O2S.C7H6OS.C4H7N/c8-6-4-2-1-3-5(6)7(9)10;8-7(9)6-4-2-1-3-5-6;1-4(2)3-5/h1-4,8H,(H,9,10);1-5H,(H,8,9);4H,1-2H3. The summed E-state index contributed by atoms with van der Waals surface area (Å²) in [5.41, 5.74) is 1.00. The third kappa shape index (κ3) is 9.51. The molecule has 0 atom stereocenters. The number of hydrogen-bond donors (Lipinski definition) is 3. The fraction of sp³-hybridized carbons (Fsp3) is 0.167. The highest BCUT2D eigenvalue weighted by atomic mass is 32.1. The minimum Gasteiger partial charge on any atom is -0.507 e. The van der Waals surface area contributed by atoms with Crippen LogP contribution in [0.3, 0.4) is 0 Å². The molecule has 0 aliphatic carbocycles. The second-order valence-electron chi connectivity index (χ2n) is 4.78. The molecule has 0 spiro atoms. The molecule has 0 unspecified atom stereocenters. The summed E-state index contributed by atoms with van der Waals surface area (Å²) in [7, 11) is 0. The number of phenols is 1. The van der Waals surface area contributed by atoms with Gasteiger partial charge in [-0.2, -0.15) is 5.26 Å². The number of nitrogens with zero attached hydrogens (tertiary/aromatic N) is 1. The van der Waals surface area contributed by atoms with Crippen molar-refractivity contribution in [2.24, 2.45) is 5.92 Å². The van der Waals surface area contributed by atoms with Gasteiger partial charge in [0.2, 0.25) is 0 Å². The van der Waals surface area contributed by atoms with Gasteiger partial charge >= 0.3 is 0 Å². The molecule has 0 saturated heterocycles. The Bertz CT molecular complexity index is 695. The van der Waals surface area contributed by atoms with E-state index in [0.717, 1.165) is 0 Å². The molecule has 0 saturated carbocycles. The van der Waals surface area contributed by atoms with Crippen molar-refractivity contribution in [3.63, 3.8) is 0 Å². The molecular weight excluding hydrogens is 342 g/mol. The van der Waals surface area contributed by atoms with Gasteiger partial charge in [0, 0.05) is 11.5 Å². The van der Waals surface area contributed by atoms with Gasteiger partial charge in [0.1, 0.15) is 5.75 Å². The molecule has 126 valence electrons. The van der Waals surface area contributed by atoms with Crippen LogP contribution in [0.1, 0.15) is 25.0 Å². The Labute approximate surface area is 152 Å². The number of phenolic OH excluding ortho intramolecular Hbond substituents is 1. The van der Waals surface area contributed by atoms with Gasteiger partial charge in [-0.05, 0) is 50.4 Å². The van der Waals surface area contributed by atoms with Crippen LogP contribution in [0.5, 0.6) is 5.75 Å². The first-order chi connectivity index (χ1) is 11.3. The lowest BCUT2D eigenvalue weighted by atomic mass is 10.2. The predicted molar refractivity (Wildman–Crippen MR) is 104 cm³/mol. The normalized spacial score (nSPS) is 8.75. The fourth-order valence-corrected chi connectivity index (χ4v) is 1.54. The molecule has 0 aromatic heterocycles. The number of rotatable bonds is 2. The molecule has 0 bridgehead atoms. The second kappa shape index (κ2) is 12.0. The Morgan fingerprint density at radius 3 is 1.67 bits per heavy atom. The van der Waals surface area contributed by atoms with Gasteiger partial charge in [0.15, 0.2) is 10.1 Å². The van der Waals surface area contributed by atoms with Gasteiger partial charge in [0.05, 0.1) is 11.6 Å². The Kier molecular flexibility index (Phi) is 10.8. The number of benzene rings is 2. The van der Waals surface area contributed by atoms with Crippen molar-refractivity contribution in [1.29, 1.82) is 5.26 Å². The first-order valence-electron chi connectivity index (χ1n) is 6.98. The summed E-state index contributed by atoms with van der Waals surface area (Å²) in [6.07, 6.45) is 0. The zero-order valence-electron chi connectivity index (χ0n) is 13.4. The van der Waals surface area contributed by atoms with E-state index in [-0.39, 0.29) is 21.8 Å². The molecule has 2 aromatic rings. The quantitative estimate of drug-likeness (QED) is 0.672. The number of para-hydroxylation sites is 1. The van der Waals surface area contributed by atoms with Gasteiger partial charge in [-0.3, -0.25) is 0 Å². The van der Waals surface area contributed by atoms with Crippen molar-refractivity contribution in [3.05, 3.63) is 65.7 Å². The van der Waals surface area contributed by atoms with E-state index in [2.05, 4.69) is 24.4 Å². The van der Waals surface area contributed by atoms with Crippen molar-refractivity contribution in [3.8, 4) is 11.8 Å². The van der Waals surface area contributed by atoms with E-state index in [1.165, 1.54) is 6.07 Å². The smallest absolute Gasteiger partial charge is 0.192 e. The molecule has 0 fully saturated rings. The third-order valence-electron chi connectivity index (χ3n) is 2.41. The minimum absolute atomic E-state index is 0.00926. The molecule has 4 nitrogen and oxygen atoms in total. The van der Waals surface area contributed by atoms with E-state index in [4.69, 9.17) is 20.6 Å². The summed E-state index contributed by atoms with van der Waals surface area (Å²) in [6, 6.07) is 17.5. The average Bonchev–Trinajstić information content (AvgIpc) is 2.57. The van der Waals surface area contributed by atoms with E-state index in [1.54, 1.807) is 30.3 Å². The van der Waals surface area contributed by atoms with E-state index in [1.807, 2.05) is 38.1 Å². The van der Waals surface area contributed by atoms with E-state index in [0.29, 0.717) is 11.1 Å². The van der Waals surface area contributed by atoms with Crippen LogP contribution in [0.15, 0.2) is 54.6 Å². The zero-order valence-corrected chi connectivity index (χ0v) is 15.0. The molecular formula is C18H19NO3S2. The lowest BCUT2D eigenvalue weighted by Crippen LogP contribution is -1.93. The van der Waals surface area contributed by atoms with Crippen LogP contribution in [0, 0.1) is 17.2 Å². The molecule has 0 heterocycles. The molecule has 0 aliphatic heterocycles. The molecule has 0 radical (unpaired) electrons. The van der Waals surface area contributed by atoms with Crippen LogP contribution in [0.25, 0.3) is 0 Å². The monoisotopic (exact) mass is 361 g/mol. The molecule has 6 heteroatoms. The summed E-state index contributed by atoms with van der Waals surface area (Å²) < 4.78 is 0. The summed E-state index contributed by atoms with van der Waals surface area (Å²) in [6.45, 7) is 3.72. The van der Waals surface area contributed by atoms with E-state index >= 15 is 0 Å². The highest BCUT2D eigenvalue weighted by Gasteiger charge is 2.01. The van der Waals surface area contributed by atoms with E-state index < -0.39 is 0 Å². The zero-order chi connectivity index (χ0) is 18.5. The molecule has 0 amide bonds. The van der Waals surface area contributed by atoms with Crippen LogP contribution >= 0.6 is 24.4 Å². The van der Waals surface area contributed by atoms with Crippen molar-refractivity contribution in [2.45, 2.75) is 13.8 Å². The topological polar surface area (TPSA) is 84.5 Å². The Morgan fingerprint density at radius 2 is 1.38 bits per heavy atom. The maximum absolute atomic E-state index is 9.03. The highest BCUT2D eigenvalue weighted by Crippen LogP contribution is 2.15. The van der Waals surface area contributed by atoms with Gasteiger partial charge in [-0.25, -0.2) is 0 Å². The fourth-order valence-electron chi connectivity index (χ4n) is 1.24. The molecule has 2 rings (SSSR count). The van der Waals surface area contributed by atoms with Gasteiger partial charge in [0.25, 0.3) is 0 Å². The number of aliphatic hydroxyl groups is 2. The van der Waals surface area contributed by atoms with Crippen LogP contribution in [-0.4, -0.2) is 25.4 Å². The number of hydrogen-bond acceptors (Lipinski definition) is 4. The van der Waals surface area contributed by atoms with Crippen LogP contribution < -0.4 is 0 Å². The predicted octanol–water partition coefficient (Wildman–Crippen LogP) is 4.71. The molecule has 0 aliphatic rings. The minimum atomic E-state index is -0.280. The van der Waals surface area contributed by atoms with Crippen LogP contribution in [-0.2, 0) is 0 Å². The van der Waals surface area contributed by atoms with Crippen molar-refractivity contribution in [1.82, 2.24) is 0 Å². The summed E-state index contributed by atoms with van der Waals surface area (Å²) >= 11 is 8.96. The first-order valence-corrected chi connectivity index (χ1v) is 7.80. The summed E-state index contributed by atoms with van der Waals surface area (Å²) in [4.78, 5) is 0. The summed E-state index contributed by atoms with van der Waals surface area (Å²) in [5.74, 6) is 0.199. The summed E-state index contributed by atoms with van der Waals surface area (Å²) in [5, 5.41) is 34.1. The third-order valence-corrected chi connectivity index (χ3v) is 2.87. The number of aromatic hydroxyl groups is 1. The average molecular weight is 361 g/mol.